The molecule has 174 valence electrons. The lowest BCUT2D eigenvalue weighted by Gasteiger charge is -2.34. The number of carbonyl (C=O) groups is 1. The number of carbonyl (C=O) groups excluding carboxylic acids is 1. The van der Waals surface area contributed by atoms with Crippen molar-refractivity contribution in [2.45, 2.75) is 31.0 Å². The topological polar surface area (TPSA) is 119 Å². The molecule has 2 aliphatic rings. The van der Waals surface area contributed by atoms with Crippen LogP contribution in [0.15, 0.2) is 41.3 Å². The van der Waals surface area contributed by atoms with Crippen molar-refractivity contribution in [1.29, 1.82) is 0 Å². The molecule has 3 aromatic rings. The van der Waals surface area contributed by atoms with Crippen molar-refractivity contribution in [3.8, 4) is 11.5 Å². The van der Waals surface area contributed by atoms with Crippen LogP contribution in [0.5, 0.6) is 11.5 Å². The highest BCUT2D eigenvalue weighted by Crippen LogP contribution is 2.38. The number of amides is 1. The van der Waals surface area contributed by atoms with Gasteiger partial charge in [0.2, 0.25) is 21.9 Å². The fraction of sp³-hybridized carbons (Fsp3) is 0.333. The van der Waals surface area contributed by atoms with Crippen LogP contribution in [0.2, 0.25) is 0 Å². The molecule has 2 unspecified atom stereocenters. The molecule has 0 aliphatic carbocycles. The molecular weight excluding hydrogens is 468 g/mol. The number of nitrogens with zero attached hydrogens (tertiary/aromatic N) is 2. The number of sulfonamides is 1. The van der Waals surface area contributed by atoms with Gasteiger partial charge in [0.1, 0.15) is 0 Å². The number of hydrogen-bond acceptors (Lipinski definition) is 9. The maximum absolute atomic E-state index is 13.0. The van der Waals surface area contributed by atoms with E-state index in [1.165, 1.54) is 39.9 Å². The van der Waals surface area contributed by atoms with E-state index >= 15 is 0 Å². The molecule has 1 fully saturated rings. The van der Waals surface area contributed by atoms with E-state index in [1.54, 1.807) is 6.07 Å². The molecule has 1 saturated heterocycles. The first-order valence-corrected chi connectivity index (χ1v) is 12.6. The van der Waals surface area contributed by atoms with E-state index in [9.17, 15) is 13.2 Å². The number of fused-ring (bicyclic) bond motifs is 2. The van der Waals surface area contributed by atoms with Crippen LogP contribution < -0.4 is 20.3 Å². The van der Waals surface area contributed by atoms with Gasteiger partial charge in [-0.1, -0.05) is 11.3 Å². The standard InChI is InChI=1S/C21H22N4O6S2/c1-12-9-25(10-13(2)31-12)33(27,28)15-5-3-14(4-6-15)20(26)23-24-21-22-16-7-17-18(30-11-29-17)8-19(16)32-21/h3-8,12-13H,9-11H2,1-2H3,(H,22,24)(H,23,26). The van der Waals surface area contributed by atoms with Gasteiger partial charge in [0, 0.05) is 30.8 Å². The Morgan fingerprint density at radius 2 is 1.76 bits per heavy atom. The lowest BCUT2D eigenvalue weighted by atomic mass is 10.2. The Labute approximate surface area is 194 Å². The third-order valence-electron chi connectivity index (χ3n) is 5.31. The Bertz CT molecular complexity index is 1260. The van der Waals surface area contributed by atoms with Crippen LogP contribution in [0.3, 0.4) is 0 Å². The van der Waals surface area contributed by atoms with Crippen LogP contribution in [0, 0.1) is 0 Å². The van der Waals surface area contributed by atoms with Crippen LogP contribution in [-0.4, -0.2) is 55.7 Å². The Hall–Kier alpha value is -2.93. The lowest BCUT2D eigenvalue weighted by molar-refractivity contribution is -0.0440. The van der Waals surface area contributed by atoms with Gasteiger partial charge in [-0.05, 0) is 38.1 Å². The highest BCUT2D eigenvalue weighted by atomic mass is 32.2. The molecule has 1 aromatic heterocycles. The molecule has 12 heteroatoms. The Kier molecular flexibility index (Phi) is 5.60. The van der Waals surface area contributed by atoms with E-state index < -0.39 is 15.9 Å². The van der Waals surface area contributed by atoms with Crippen molar-refractivity contribution in [2.24, 2.45) is 0 Å². The van der Waals surface area contributed by atoms with Crippen LogP contribution >= 0.6 is 11.3 Å². The Morgan fingerprint density at radius 1 is 1.09 bits per heavy atom. The summed E-state index contributed by atoms with van der Waals surface area (Å²) in [6.07, 6.45) is -0.355. The molecule has 0 spiro atoms. The van der Waals surface area contributed by atoms with Crippen molar-refractivity contribution in [2.75, 3.05) is 25.3 Å². The van der Waals surface area contributed by atoms with Crippen LogP contribution in [0.25, 0.3) is 10.2 Å². The maximum Gasteiger partial charge on any atom is 0.269 e. The number of benzene rings is 2. The quantitative estimate of drug-likeness (QED) is 0.524. The normalized spacial score (nSPS) is 20.7. The summed E-state index contributed by atoms with van der Waals surface area (Å²) in [4.78, 5) is 17.1. The zero-order valence-electron chi connectivity index (χ0n) is 17.9. The molecule has 1 amide bonds. The molecule has 3 heterocycles. The van der Waals surface area contributed by atoms with E-state index in [2.05, 4.69) is 15.8 Å². The van der Waals surface area contributed by atoms with Crippen LogP contribution in [0.4, 0.5) is 5.13 Å². The minimum Gasteiger partial charge on any atom is -0.454 e. The van der Waals surface area contributed by atoms with Gasteiger partial charge in [0.05, 0.1) is 27.3 Å². The molecule has 0 saturated carbocycles. The van der Waals surface area contributed by atoms with E-state index in [-0.39, 0.29) is 23.9 Å². The van der Waals surface area contributed by atoms with E-state index in [0.717, 1.165) is 10.2 Å². The molecule has 10 nitrogen and oxygen atoms in total. The van der Waals surface area contributed by atoms with Gasteiger partial charge in [0.15, 0.2) is 11.5 Å². The summed E-state index contributed by atoms with van der Waals surface area (Å²) in [5, 5.41) is 0.497. The SMILES string of the molecule is CC1CN(S(=O)(=O)c2ccc(C(=O)NNc3nc4cc5c(cc4s3)OCO5)cc2)CC(C)O1. The zero-order valence-corrected chi connectivity index (χ0v) is 19.5. The van der Waals surface area contributed by atoms with Crippen molar-refractivity contribution in [1.82, 2.24) is 14.7 Å². The van der Waals surface area contributed by atoms with Crippen LogP contribution in [-0.2, 0) is 14.8 Å². The summed E-state index contributed by atoms with van der Waals surface area (Å²) in [5.41, 5.74) is 6.42. The van der Waals surface area contributed by atoms with E-state index in [0.29, 0.717) is 35.3 Å². The number of thiazole rings is 1. The number of ether oxygens (including phenoxy) is 3. The Balaban J connectivity index is 1.25. The molecule has 2 aliphatic heterocycles. The summed E-state index contributed by atoms with van der Waals surface area (Å²) in [6, 6.07) is 9.47. The monoisotopic (exact) mass is 490 g/mol. The van der Waals surface area contributed by atoms with Crippen LogP contribution in [0.1, 0.15) is 24.2 Å². The van der Waals surface area contributed by atoms with Gasteiger partial charge in [-0.3, -0.25) is 15.6 Å². The largest absolute Gasteiger partial charge is 0.454 e. The first-order chi connectivity index (χ1) is 15.8. The minimum absolute atomic E-state index is 0.136. The first-order valence-electron chi connectivity index (χ1n) is 10.3. The van der Waals surface area contributed by atoms with Gasteiger partial charge >= 0.3 is 0 Å². The van der Waals surface area contributed by atoms with Gasteiger partial charge in [0.25, 0.3) is 5.91 Å². The number of nitrogens with one attached hydrogen (secondary N) is 2. The average molecular weight is 491 g/mol. The molecule has 0 radical (unpaired) electrons. The molecule has 33 heavy (non-hydrogen) atoms. The number of hydrazine groups is 1. The second-order valence-electron chi connectivity index (χ2n) is 7.88. The number of rotatable bonds is 5. The summed E-state index contributed by atoms with van der Waals surface area (Å²) in [7, 11) is -3.67. The van der Waals surface area contributed by atoms with Gasteiger partial charge < -0.3 is 14.2 Å². The second-order valence-corrected chi connectivity index (χ2v) is 10.8. The number of morpholine rings is 1. The summed E-state index contributed by atoms with van der Waals surface area (Å²) >= 11 is 1.35. The minimum atomic E-state index is -3.67. The fourth-order valence-electron chi connectivity index (χ4n) is 3.81. The molecular formula is C21H22N4O6S2. The lowest BCUT2D eigenvalue weighted by Crippen LogP contribution is -2.48. The first kappa shape index (κ1) is 21.9. The molecule has 0 bridgehead atoms. The predicted molar refractivity (Wildman–Crippen MR) is 122 cm³/mol. The third-order valence-corrected chi connectivity index (χ3v) is 8.09. The molecule has 2 aromatic carbocycles. The third kappa shape index (κ3) is 4.34. The molecule has 2 N–H and O–H groups in total. The predicted octanol–water partition coefficient (Wildman–Crippen LogP) is 2.58. The average Bonchev–Trinajstić information content (AvgIpc) is 3.40. The number of hydrogen-bond donors (Lipinski definition) is 2. The number of aromatic nitrogens is 1. The maximum atomic E-state index is 13.0. The smallest absolute Gasteiger partial charge is 0.269 e. The summed E-state index contributed by atoms with van der Waals surface area (Å²) in [5.74, 6) is 0.887. The van der Waals surface area contributed by atoms with Crippen molar-refractivity contribution in [3.05, 3.63) is 42.0 Å². The second kappa shape index (κ2) is 8.45. The zero-order chi connectivity index (χ0) is 23.2. The van der Waals surface area contributed by atoms with E-state index in [1.807, 2.05) is 19.9 Å². The Morgan fingerprint density at radius 3 is 2.45 bits per heavy atom. The fourth-order valence-corrected chi connectivity index (χ4v) is 6.23. The van der Waals surface area contributed by atoms with Gasteiger partial charge in [-0.15, -0.1) is 0 Å². The number of anilines is 1. The molecule has 5 rings (SSSR count). The molecule has 2 atom stereocenters. The highest BCUT2D eigenvalue weighted by Gasteiger charge is 2.32. The van der Waals surface area contributed by atoms with Crippen molar-refractivity contribution < 1.29 is 27.4 Å². The van der Waals surface area contributed by atoms with Gasteiger partial charge in [-0.25, -0.2) is 13.4 Å². The van der Waals surface area contributed by atoms with E-state index in [4.69, 9.17) is 14.2 Å². The van der Waals surface area contributed by atoms with Gasteiger partial charge in [-0.2, -0.15) is 4.31 Å². The summed E-state index contributed by atoms with van der Waals surface area (Å²) < 4.78 is 44.6. The van der Waals surface area contributed by atoms with Crippen molar-refractivity contribution >= 4 is 42.6 Å². The summed E-state index contributed by atoms with van der Waals surface area (Å²) in [6.45, 7) is 4.47. The van der Waals surface area contributed by atoms with Crippen molar-refractivity contribution in [3.63, 3.8) is 0 Å². The highest BCUT2D eigenvalue weighted by molar-refractivity contribution is 7.89.